The topological polar surface area (TPSA) is 126 Å². The molecule has 212 valence electrons. The first-order valence-corrected chi connectivity index (χ1v) is 14.0. The maximum absolute atomic E-state index is 13.8. The molecule has 2 unspecified atom stereocenters. The van der Waals surface area contributed by atoms with Crippen molar-refractivity contribution in [2.75, 3.05) is 23.5 Å². The number of pyridine rings is 1. The first-order valence-electron chi connectivity index (χ1n) is 12.5. The molecule has 3 heterocycles. The number of halogens is 3. The molecule has 1 fully saturated rings. The fourth-order valence-electron chi connectivity index (χ4n) is 3.99. The van der Waals surface area contributed by atoms with Gasteiger partial charge in [0.2, 0.25) is 0 Å². The molecule has 0 aromatic carbocycles. The van der Waals surface area contributed by atoms with Gasteiger partial charge in [-0.3, -0.25) is 14.0 Å². The van der Waals surface area contributed by atoms with E-state index < -0.39 is 23.0 Å². The van der Waals surface area contributed by atoms with Crippen molar-refractivity contribution in [3.05, 3.63) is 47.3 Å². The molecule has 0 aliphatic heterocycles. The second-order valence-corrected chi connectivity index (χ2v) is 10.9. The summed E-state index contributed by atoms with van der Waals surface area (Å²) in [6.45, 7) is 4.49. The minimum absolute atomic E-state index is 0.0525. The lowest BCUT2D eigenvalue weighted by molar-refractivity contribution is -0.144. The summed E-state index contributed by atoms with van der Waals surface area (Å²) in [6, 6.07) is 1.39. The summed E-state index contributed by atoms with van der Waals surface area (Å²) in [5, 5.41) is 3.25. The van der Waals surface area contributed by atoms with E-state index in [0.29, 0.717) is 33.8 Å². The van der Waals surface area contributed by atoms with Crippen LogP contribution in [-0.2, 0) is 22.1 Å². The third kappa shape index (κ3) is 6.49. The average molecular weight is 575 g/mol. The zero-order valence-corrected chi connectivity index (χ0v) is 23.5. The summed E-state index contributed by atoms with van der Waals surface area (Å²) in [7, 11) is 0.0467. The highest BCUT2D eigenvalue weighted by Crippen LogP contribution is 2.44. The summed E-state index contributed by atoms with van der Waals surface area (Å²) < 4.78 is 52.9. The van der Waals surface area contributed by atoms with Crippen molar-refractivity contribution >= 4 is 34.4 Å². The standard InChI is InChI=1S/C26H29F3N8O2S/c1-14-21(23(18-7-8-18)33-13-32-14)24-34-15(2)22(25(36-24)37(4)16(3)26(27,28)29)35-19(12-38)30-10-17-6-9-20(31-11-17)40(5)39/h6,9,11-13,16,18H,7-8,10H2,1-5H3,(H,30,35). The van der Waals surface area contributed by atoms with Crippen LogP contribution in [0.25, 0.3) is 11.4 Å². The third-order valence-electron chi connectivity index (χ3n) is 6.60. The van der Waals surface area contributed by atoms with Crippen LogP contribution in [0.2, 0.25) is 0 Å². The van der Waals surface area contributed by atoms with Gasteiger partial charge in [-0.15, -0.1) is 0 Å². The van der Waals surface area contributed by atoms with Crippen LogP contribution < -0.4 is 10.2 Å². The number of nitrogens with zero attached hydrogens (tertiary/aromatic N) is 7. The van der Waals surface area contributed by atoms with Crippen LogP contribution >= 0.6 is 0 Å². The predicted octanol–water partition coefficient (Wildman–Crippen LogP) is 4.16. The largest absolute Gasteiger partial charge is 0.408 e. The van der Waals surface area contributed by atoms with Crippen LogP contribution in [0.5, 0.6) is 0 Å². The Morgan fingerprint density at radius 1 is 1.20 bits per heavy atom. The van der Waals surface area contributed by atoms with Crippen molar-refractivity contribution in [2.24, 2.45) is 4.99 Å². The van der Waals surface area contributed by atoms with Crippen LogP contribution in [-0.4, -0.2) is 66.8 Å². The van der Waals surface area contributed by atoms with Gasteiger partial charge < -0.3 is 10.2 Å². The van der Waals surface area contributed by atoms with Crippen molar-refractivity contribution in [2.45, 2.75) is 63.3 Å². The van der Waals surface area contributed by atoms with Gasteiger partial charge in [0, 0.05) is 25.4 Å². The first-order chi connectivity index (χ1) is 18.9. The zero-order chi connectivity index (χ0) is 29.2. The minimum Gasteiger partial charge on any atom is -0.346 e. The van der Waals surface area contributed by atoms with E-state index in [1.54, 1.807) is 26.0 Å². The van der Waals surface area contributed by atoms with E-state index in [4.69, 9.17) is 0 Å². The molecular formula is C26H29F3N8O2S. The van der Waals surface area contributed by atoms with E-state index in [1.807, 2.05) is 0 Å². The van der Waals surface area contributed by atoms with Gasteiger partial charge in [0.1, 0.15) is 23.1 Å². The van der Waals surface area contributed by atoms with Gasteiger partial charge in [0.05, 0.1) is 40.0 Å². The second kappa shape index (κ2) is 11.7. The zero-order valence-electron chi connectivity index (χ0n) is 22.7. The highest BCUT2D eigenvalue weighted by molar-refractivity contribution is 7.84. The summed E-state index contributed by atoms with van der Waals surface area (Å²) in [5.41, 5.74) is 3.07. The van der Waals surface area contributed by atoms with Crippen LogP contribution in [0.4, 0.5) is 24.7 Å². The smallest absolute Gasteiger partial charge is 0.346 e. The molecule has 3 aromatic heterocycles. The molecule has 2 atom stereocenters. The van der Waals surface area contributed by atoms with Crippen LogP contribution in [0.3, 0.4) is 0 Å². The lowest BCUT2D eigenvalue weighted by atomic mass is 10.1. The Morgan fingerprint density at radius 2 is 1.93 bits per heavy atom. The van der Waals surface area contributed by atoms with Crippen LogP contribution in [0.15, 0.2) is 34.7 Å². The number of anilines is 2. The average Bonchev–Trinajstić information content (AvgIpc) is 3.76. The molecule has 4 rings (SSSR count). The molecule has 0 amide bonds. The number of alkyl halides is 3. The number of carbonyl (C=O) groups excluding carboxylic acids is 1. The molecule has 3 aromatic rings. The number of rotatable bonds is 9. The Kier molecular flexibility index (Phi) is 8.57. The molecule has 14 heteroatoms. The van der Waals surface area contributed by atoms with Gasteiger partial charge in [0.15, 0.2) is 23.8 Å². The van der Waals surface area contributed by atoms with Gasteiger partial charge in [-0.25, -0.2) is 24.9 Å². The second-order valence-electron chi connectivity index (χ2n) is 9.56. The predicted molar refractivity (Wildman–Crippen MR) is 146 cm³/mol. The normalized spacial score (nSPS) is 15.4. The molecule has 10 nitrogen and oxygen atoms in total. The Balaban J connectivity index is 1.75. The van der Waals surface area contributed by atoms with Gasteiger partial charge >= 0.3 is 6.18 Å². The van der Waals surface area contributed by atoms with Gasteiger partial charge in [0.25, 0.3) is 0 Å². The number of nitrogens with one attached hydrogen (secondary N) is 1. The van der Waals surface area contributed by atoms with Crippen molar-refractivity contribution in [1.82, 2.24) is 24.9 Å². The molecule has 1 N–H and O–H groups in total. The van der Waals surface area contributed by atoms with E-state index in [1.165, 1.54) is 25.8 Å². The maximum atomic E-state index is 13.8. The molecule has 1 aliphatic carbocycles. The number of aromatic nitrogens is 5. The van der Waals surface area contributed by atoms with Crippen molar-refractivity contribution in [3.8, 4) is 11.4 Å². The van der Waals surface area contributed by atoms with E-state index in [9.17, 15) is 22.2 Å². The number of aldehydes is 1. The highest BCUT2D eigenvalue weighted by atomic mass is 32.2. The van der Waals surface area contributed by atoms with Crippen LogP contribution in [0.1, 0.15) is 48.3 Å². The summed E-state index contributed by atoms with van der Waals surface area (Å²) >= 11 is 0. The fraction of sp³-hybridized carbons (Fsp3) is 0.423. The molecule has 1 aliphatic rings. The lowest BCUT2D eigenvalue weighted by Gasteiger charge is -2.30. The van der Waals surface area contributed by atoms with Gasteiger partial charge in [-0.1, -0.05) is 6.07 Å². The third-order valence-corrected chi connectivity index (χ3v) is 7.43. The molecule has 0 saturated heterocycles. The number of carbonyl (C=O) groups is 1. The summed E-state index contributed by atoms with van der Waals surface area (Å²) in [4.78, 5) is 39.1. The number of amidine groups is 1. The molecule has 40 heavy (non-hydrogen) atoms. The lowest BCUT2D eigenvalue weighted by Crippen LogP contribution is -2.42. The fourth-order valence-corrected chi connectivity index (χ4v) is 4.46. The highest BCUT2D eigenvalue weighted by Gasteiger charge is 2.40. The van der Waals surface area contributed by atoms with E-state index >= 15 is 0 Å². The number of hydrogen-bond donors (Lipinski definition) is 1. The van der Waals surface area contributed by atoms with Crippen molar-refractivity contribution < 1.29 is 22.2 Å². The van der Waals surface area contributed by atoms with Gasteiger partial charge in [-0.2, -0.15) is 13.2 Å². The van der Waals surface area contributed by atoms with Crippen molar-refractivity contribution in [3.63, 3.8) is 0 Å². The first kappa shape index (κ1) is 29.2. The van der Waals surface area contributed by atoms with Crippen molar-refractivity contribution in [1.29, 1.82) is 0 Å². The monoisotopic (exact) mass is 574 g/mol. The molecule has 0 spiro atoms. The van der Waals surface area contributed by atoms with E-state index in [0.717, 1.165) is 30.4 Å². The Morgan fingerprint density at radius 3 is 2.50 bits per heavy atom. The summed E-state index contributed by atoms with van der Waals surface area (Å²) in [5.74, 6) is 0.254. The molecular weight excluding hydrogens is 545 g/mol. The SMILES string of the molecule is Cc1nc(-c2c(C)ncnc2C2CC2)nc(N(C)C(C)C(F)(F)F)c1NC(C=O)=NCc1ccc(S(C)=O)nc1. The number of hydrogen-bond acceptors (Lipinski definition) is 9. The number of aryl methyl sites for hydroxylation is 2. The van der Waals surface area contributed by atoms with Crippen LogP contribution in [0, 0.1) is 13.8 Å². The molecule has 0 bridgehead atoms. The minimum atomic E-state index is -4.54. The Labute approximate surface area is 232 Å². The van der Waals surface area contributed by atoms with Gasteiger partial charge in [-0.05, 0) is 45.2 Å². The number of aliphatic imine (C=N–C) groups is 1. The molecule has 0 radical (unpaired) electrons. The van der Waals surface area contributed by atoms with E-state index in [2.05, 4.69) is 35.2 Å². The quantitative estimate of drug-likeness (QED) is 0.228. The summed E-state index contributed by atoms with van der Waals surface area (Å²) in [6.07, 6.45) is 2.30. The maximum Gasteiger partial charge on any atom is 0.408 e. The van der Waals surface area contributed by atoms with E-state index in [-0.39, 0.29) is 35.6 Å². The molecule has 1 saturated carbocycles. The Bertz CT molecular complexity index is 1460. The Hall–Kier alpha value is -3.81.